The summed E-state index contributed by atoms with van der Waals surface area (Å²) in [6.45, 7) is 9.71. The Kier molecular flexibility index (Phi) is 77.9. The SMILES string of the molecule is CCCCCCCCCCCCCCCCCCCCCCCCC(=O)O[C@H](COC(=O)CCCCCCCCCCCCCCCCCC(C)C)COP(=O)(O)OC[C@@H](O)COP(=O)(O)OC[C@@H](COC(=O)CCCCCCCCCCCCCCC)OC(=O)CCCCCCCCCCCCCC(C)C. The van der Waals surface area contributed by atoms with Gasteiger partial charge in [-0.15, -0.1) is 0 Å². The van der Waals surface area contributed by atoms with E-state index in [4.69, 9.17) is 37.0 Å². The third kappa shape index (κ3) is 81.9. The second-order valence-electron chi connectivity index (χ2n) is 32.6. The molecule has 0 aromatic carbocycles. The summed E-state index contributed by atoms with van der Waals surface area (Å²) < 4.78 is 69.0. The number of unbranched alkanes of at least 4 members (excludes halogenated alkanes) is 57. The first-order valence-electron chi connectivity index (χ1n) is 45.5. The van der Waals surface area contributed by atoms with Gasteiger partial charge in [-0.1, -0.05) is 420 Å². The molecule has 107 heavy (non-hydrogen) atoms. The van der Waals surface area contributed by atoms with E-state index in [1.165, 1.54) is 289 Å². The van der Waals surface area contributed by atoms with Crippen molar-refractivity contribution in [3.05, 3.63) is 0 Å². The fourth-order valence-electron chi connectivity index (χ4n) is 13.8. The van der Waals surface area contributed by atoms with Crippen molar-refractivity contribution >= 4 is 39.5 Å². The molecule has 0 fully saturated rings. The van der Waals surface area contributed by atoms with Crippen LogP contribution in [0.5, 0.6) is 0 Å². The van der Waals surface area contributed by atoms with Crippen LogP contribution in [0.15, 0.2) is 0 Å². The molecule has 0 aromatic rings. The van der Waals surface area contributed by atoms with E-state index in [-0.39, 0.29) is 25.7 Å². The summed E-state index contributed by atoms with van der Waals surface area (Å²) in [6.07, 6.45) is 72.2. The number of aliphatic hydroxyl groups excluding tert-OH is 1. The standard InChI is InChI=1S/C88H172O17P2/c1-7-9-11-13-15-17-19-21-22-23-24-25-26-27-28-31-36-42-48-54-60-66-72-87(92)104-83(76-99-86(91)71-65-59-53-47-41-35-32-29-30-34-38-44-50-56-62-68-80(3)4)78-102-106(94,95)100-74-82(89)75-101-107(96,97)103-79-84(77-98-85(90)70-64-58-52-46-40-33-20-18-16-14-12-10-8-2)105-88(93)73-67-61-55-49-43-37-39-45-51-57-63-69-81(5)6/h80-84,89H,7-79H2,1-6H3,(H,94,95)(H,96,97)/t82-,83-,84-/m1/s1. The Labute approximate surface area is 658 Å². The summed E-state index contributed by atoms with van der Waals surface area (Å²) in [6, 6.07) is 0. The van der Waals surface area contributed by atoms with Crippen molar-refractivity contribution in [2.45, 2.75) is 490 Å². The maximum atomic E-state index is 13.2. The lowest BCUT2D eigenvalue weighted by Crippen LogP contribution is -2.30. The van der Waals surface area contributed by atoms with Crippen molar-refractivity contribution < 1.29 is 80.2 Å². The molecule has 0 heterocycles. The zero-order chi connectivity index (χ0) is 78.5. The maximum absolute atomic E-state index is 13.2. The molecule has 5 atom stereocenters. The van der Waals surface area contributed by atoms with Crippen molar-refractivity contribution in [1.82, 2.24) is 0 Å². The largest absolute Gasteiger partial charge is 0.472 e. The van der Waals surface area contributed by atoms with Crippen LogP contribution in [-0.4, -0.2) is 96.7 Å². The molecule has 2 unspecified atom stereocenters. The lowest BCUT2D eigenvalue weighted by atomic mass is 10.0. The van der Waals surface area contributed by atoms with E-state index in [0.29, 0.717) is 25.7 Å². The monoisotopic (exact) mass is 1560 g/mol. The van der Waals surface area contributed by atoms with Crippen LogP contribution in [0.1, 0.15) is 472 Å². The fraction of sp³-hybridized carbons (Fsp3) is 0.955. The summed E-state index contributed by atoms with van der Waals surface area (Å²) in [7, 11) is -9.93. The highest BCUT2D eigenvalue weighted by atomic mass is 31.2. The topological polar surface area (TPSA) is 237 Å². The molecule has 0 aliphatic carbocycles. The van der Waals surface area contributed by atoms with E-state index in [1.54, 1.807) is 0 Å². The molecule has 636 valence electrons. The van der Waals surface area contributed by atoms with Crippen LogP contribution in [0.4, 0.5) is 0 Å². The molecule has 0 saturated carbocycles. The summed E-state index contributed by atoms with van der Waals surface area (Å²) in [4.78, 5) is 73.3. The van der Waals surface area contributed by atoms with Gasteiger partial charge in [0.15, 0.2) is 12.2 Å². The molecule has 0 rings (SSSR count). The predicted molar refractivity (Wildman–Crippen MR) is 442 cm³/mol. The minimum absolute atomic E-state index is 0.107. The quantitative estimate of drug-likeness (QED) is 0.0222. The number of esters is 4. The van der Waals surface area contributed by atoms with Crippen LogP contribution >= 0.6 is 15.6 Å². The summed E-state index contributed by atoms with van der Waals surface area (Å²) >= 11 is 0. The lowest BCUT2D eigenvalue weighted by molar-refractivity contribution is -0.161. The first-order valence-corrected chi connectivity index (χ1v) is 48.5. The highest BCUT2D eigenvalue weighted by molar-refractivity contribution is 7.47. The minimum Gasteiger partial charge on any atom is -0.462 e. The lowest BCUT2D eigenvalue weighted by Gasteiger charge is -2.21. The number of ether oxygens (including phenoxy) is 4. The molecule has 0 radical (unpaired) electrons. The summed E-state index contributed by atoms with van der Waals surface area (Å²) in [5, 5.41) is 10.7. The van der Waals surface area contributed by atoms with E-state index < -0.39 is 97.5 Å². The second kappa shape index (κ2) is 79.3. The zero-order valence-corrected chi connectivity index (χ0v) is 72.2. The van der Waals surface area contributed by atoms with Crippen LogP contribution < -0.4 is 0 Å². The molecular weight excluding hydrogens is 1390 g/mol. The van der Waals surface area contributed by atoms with E-state index in [0.717, 1.165) is 102 Å². The number of carbonyl (C=O) groups excluding carboxylic acids is 4. The second-order valence-corrected chi connectivity index (χ2v) is 35.5. The fourth-order valence-corrected chi connectivity index (χ4v) is 15.4. The molecule has 0 aliphatic rings. The third-order valence-corrected chi connectivity index (χ3v) is 22.6. The van der Waals surface area contributed by atoms with Crippen LogP contribution in [0.2, 0.25) is 0 Å². The van der Waals surface area contributed by atoms with Crippen LogP contribution in [0.25, 0.3) is 0 Å². The molecule has 0 bridgehead atoms. The maximum Gasteiger partial charge on any atom is 0.472 e. The Morgan fingerprint density at radius 3 is 0.636 bits per heavy atom. The van der Waals surface area contributed by atoms with Gasteiger partial charge in [-0.05, 0) is 37.5 Å². The van der Waals surface area contributed by atoms with Crippen molar-refractivity contribution in [3.63, 3.8) is 0 Å². The first-order chi connectivity index (χ1) is 51.9. The number of hydrogen-bond acceptors (Lipinski definition) is 15. The average molecular weight is 1560 g/mol. The Morgan fingerprint density at radius 2 is 0.430 bits per heavy atom. The van der Waals surface area contributed by atoms with Gasteiger partial charge in [0, 0.05) is 25.7 Å². The van der Waals surface area contributed by atoms with Gasteiger partial charge >= 0.3 is 39.5 Å². The van der Waals surface area contributed by atoms with E-state index in [1.807, 2.05) is 0 Å². The molecule has 19 heteroatoms. The van der Waals surface area contributed by atoms with Gasteiger partial charge in [0.2, 0.25) is 0 Å². The highest BCUT2D eigenvalue weighted by Crippen LogP contribution is 2.45. The number of phosphoric ester groups is 2. The van der Waals surface area contributed by atoms with Gasteiger partial charge < -0.3 is 33.8 Å². The molecule has 17 nitrogen and oxygen atoms in total. The Morgan fingerprint density at radius 1 is 0.252 bits per heavy atom. The van der Waals surface area contributed by atoms with Crippen molar-refractivity contribution in [2.75, 3.05) is 39.6 Å². The predicted octanol–water partition coefficient (Wildman–Crippen LogP) is 27.0. The van der Waals surface area contributed by atoms with Crippen molar-refractivity contribution in [1.29, 1.82) is 0 Å². The number of rotatable bonds is 87. The highest BCUT2D eigenvalue weighted by Gasteiger charge is 2.30. The zero-order valence-electron chi connectivity index (χ0n) is 70.5. The summed E-state index contributed by atoms with van der Waals surface area (Å²) in [5.41, 5.74) is 0. The van der Waals surface area contributed by atoms with Crippen molar-refractivity contribution in [3.8, 4) is 0 Å². The molecule has 0 amide bonds. The Balaban J connectivity index is 5.24. The molecular formula is C88H172O17P2. The van der Waals surface area contributed by atoms with Gasteiger partial charge in [0.05, 0.1) is 26.4 Å². The average Bonchev–Trinajstić information content (AvgIpc) is 0.905. The molecule has 0 spiro atoms. The number of hydrogen-bond donors (Lipinski definition) is 3. The van der Waals surface area contributed by atoms with Gasteiger partial charge in [0.1, 0.15) is 19.3 Å². The number of carbonyl (C=O) groups is 4. The normalized spacial score (nSPS) is 13.8. The van der Waals surface area contributed by atoms with Gasteiger partial charge in [-0.25, -0.2) is 9.13 Å². The Bertz CT molecular complexity index is 2050. The number of aliphatic hydroxyl groups is 1. The smallest absolute Gasteiger partial charge is 0.462 e. The van der Waals surface area contributed by atoms with E-state index in [2.05, 4.69) is 41.5 Å². The number of phosphoric acid groups is 2. The van der Waals surface area contributed by atoms with Crippen LogP contribution in [0.3, 0.4) is 0 Å². The van der Waals surface area contributed by atoms with Gasteiger partial charge in [0.25, 0.3) is 0 Å². The third-order valence-electron chi connectivity index (χ3n) is 20.7. The summed E-state index contributed by atoms with van der Waals surface area (Å²) in [5.74, 6) is -0.527. The van der Waals surface area contributed by atoms with Crippen LogP contribution in [0, 0.1) is 11.8 Å². The van der Waals surface area contributed by atoms with Crippen LogP contribution in [-0.2, 0) is 65.4 Å². The minimum atomic E-state index is -4.97. The van der Waals surface area contributed by atoms with E-state index >= 15 is 0 Å². The van der Waals surface area contributed by atoms with E-state index in [9.17, 15) is 43.2 Å². The van der Waals surface area contributed by atoms with Gasteiger partial charge in [-0.3, -0.25) is 37.3 Å². The Hall–Kier alpha value is -1.94. The molecule has 0 aromatic heterocycles. The van der Waals surface area contributed by atoms with Gasteiger partial charge in [-0.2, -0.15) is 0 Å². The molecule has 0 saturated heterocycles. The van der Waals surface area contributed by atoms with Crippen molar-refractivity contribution in [2.24, 2.45) is 11.8 Å². The first kappa shape index (κ1) is 105. The molecule has 3 N–H and O–H groups in total. The molecule has 0 aliphatic heterocycles.